The predicted octanol–water partition coefficient (Wildman–Crippen LogP) is 3.10. The topological polar surface area (TPSA) is 44.4 Å². The summed E-state index contributed by atoms with van der Waals surface area (Å²) in [7, 11) is 0. The molecule has 0 unspecified atom stereocenters. The van der Waals surface area contributed by atoms with Gasteiger partial charge in [-0.1, -0.05) is 12.1 Å². The average Bonchev–Trinajstić information content (AvgIpc) is 2.58. The van der Waals surface area contributed by atoms with Gasteiger partial charge in [0.05, 0.1) is 5.69 Å². The van der Waals surface area contributed by atoms with Crippen molar-refractivity contribution < 1.29 is 4.79 Å². The van der Waals surface area contributed by atoms with E-state index in [9.17, 15) is 4.79 Å². The Bertz CT molecular complexity index is 523. The number of hydrogen-bond donors (Lipinski definition) is 2. The monoisotopic (exact) mass is 379 g/mol. The lowest BCUT2D eigenvalue weighted by Crippen LogP contribution is -2.42. The van der Waals surface area contributed by atoms with Gasteiger partial charge in [-0.3, -0.25) is 4.79 Å². The second-order valence-corrected chi connectivity index (χ2v) is 7.59. The summed E-state index contributed by atoms with van der Waals surface area (Å²) < 4.78 is 0.941. The molecule has 3 rings (SSSR count). The van der Waals surface area contributed by atoms with Crippen LogP contribution in [0.2, 0.25) is 0 Å². The Balaban J connectivity index is 1.45. The second kappa shape index (κ2) is 8.27. The number of carbonyl (C=O) groups is 1. The largest absolute Gasteiger partial charge is 0.325 e. The molecule has 126 valence electrons. The van der Waals surface area contributed by atoms with Crippen molar-refractivity contribution in [2.45, 2.75) is 25.7 Å². The van der Waals surface area contributed by atoms with Crippen LogP contribution in [-0.2, 0) is 4.79 Å². The minimum absolute atomic E-state index is 0.145. The molecule has 0 radical (unpaired) electrons. The summed E-state index contributed by atoms with van der Waals surface area (Å²) in [5.41, 5.74) is 0.870. The number of carbonyl (C=O) groups excluding carboxylic acids is 1. The zero-order valence-corrected chi connectivity index (χ0v) is 15.1. The minimum atomic E-state index is 0.145. The molecule has 5 heteroatoms. The van der Waals surface area contributed by atoms with Crippen molar-refractivity contribution in [3.8, 4) is 0 Å². The molecule has 2 aliphatic rings. The number of para-hydroxylation sites is 1. The maximum atomic E-state index is 12.5. The van der Waals surface area contributed by atoms with Gasteiger partial charge in [0.25, 0.3) is 0 Å². The summed E-state index contributed by atoms with van der Waals surface area (Å²) in [5.74, 6) is 1.15. The number of hydrogen-bond acceptors (Lipinski definition) is 3. The van der Waals surface area contributed by atoms with Gasteiger partial charge >= 0.3 is 0 Å². The molecule has 4 nitrogen and oxygen atoms in total. The van der Waals surface area contributed by atoms with Crippen molar-refractivity contribution in [3.05, 3.63) is 28.7 Å². The maximum Gasteiger partial charge on any atom is 0.227 e. The Morgan fingerprint density at radius 2 is 1.87 bits per heavy atom. The van der Waals surface area contributed by atoms with Crippen molar-refractivity contribution in [3.63, 3.8) is 0 Å². The van der Waals surface area contributed by atoms with Crippen LogP contribution in [0.3, 0.4) is 0 Å². The minimum Gasteiger partial charge on any atom is -0.325 e. The normalized spacial score (nSPS) is 21.3. The highest BCUT2D eigenvalue weighted by Crippen LogP contribution is 2.25. The molecule has 1 amide bonds. The zero-order valence-electron chi connectivity index (χ0n) is 13.6. The van der Waals surface area contributed by atoms with Crippen LogP contribution >= 0.6 is 15.9 Å². The number of nitrogens with one attached hydrogen (secondary N) is 2. The molecule has 1 aromatic rings. The smallest absolute Gasteiger partial charge is 0.227 e. The van der Waals surface area contributed by atoms with Gasteiger partial charge in [-0.25, -0.2) is 0 Å². The van der Waals surface area contributed by atoms with E-state index >= 15 is 0 Å². The van der Waals surface area contributed by atoms with Crippen LogP contribution in [0, 0.1) is 11.8 Å². The van der Waals surface area contributed by atoms with Crippen LogP contribution in [0.1, 0.15) is 25.7 Å². The number of halogens is 1. The van der Waals surface area contributed by atoms with Crippen LogP contribution in [0.25, 0.3) is 0 Å². The fourth-order valence-electron chi connectivity index (χ4n) is 3.60. The molecule has 0 spiro atoms. The number of amides is 1. The van der Waals surface area contributed by atoms with Gasteiger partial charge in [-0.2, -0.15) is 0 Å². The summed E-state index contributed by atoms with van der Waals surface area (Å²) in [4.78, 5) is 15.0. The van der Waals surface area contributed by atoms with Crippen molar-refractivity contribution in [2.24, 2.45) is 11.8 Å². The molecule has 2 heterocycles. The van der Waals surface area contributed by atoms with Crippen molar-refractivity contribution in [2.75, 3.05) is 38.0 Å². The first-order chi connectivity index (χ1) is 11.2. The highest BCUT2D eigenvalue weighted by molar-refractivity contribution is 9.10. The van der Waals surface area contributed by atoms with E-state index in [0.717, 1.165) is 55.1 Å². The molecule has 0 aliphatic carbocycles. The Kier molecular flexibility index (Phi) is 6.08. The van der Waals surface area contributed by atoms with Gasteiger partial charge in [-0.15, -0.1) is 0 Å². The highest BCUT2D eigenvalue weighted by Gasteiger charge is 2.26. The van der Waals surface area contributed by atoms with Crippen LogP contribution in [-0.4, -0.2) is 43.5 Å². The zero-order chi connectivity index (χ0) is 16.1. The van der Waals surface area contributed by atoms with E-state index < -0.39 is 0 Å². The van der Waals surface area contributed by atoms with Gasteiger partial charge in [-0.05, 0) is 85.8 Å². The number of nitrogens with zero attached hydrogens (tertiary/aromatic N) is 1. The maximum absolute atomic E-state index is 12.5. The second-order valence-electron chi connectivity index (χ2n) is 6.74. The summed E-state index contributed by atoms with van der Waals surface area (Å²) in [6.45, 7) is 5.64. The van der Waals surface area contributed by atoms with Crippen LogP contribution in [0.15, 0.2) is 28.7 Å². The van der Waals surface area contributed by atoms with Crippen LogP contribution in [0.5, 0.6) is 0 Å². The van der Waals surface area contributed by atoms with E-state index in [4.69, 9.17) is 0 Å². The van der Waals surface area contributed by atoms with Crippen LogP contribution in [0.4, 0.5) is 5.69 Å². The lowest BCUT2D eigenvalue weighted by Gasteiger charge is -2.35. The summed E-state index contributed by atoms with van der Waals surface area (Å²) >= 11 is 3.49. The third kappa shape index (κ3) is 4.78. The highest BCUT2D eigenvalue weighted by atomic mass is 79.9. The fraction of sp³-hybridized carbons (Fsp3) is 0.611. The summed E-state index contributed by atoms with van der Waals surface area (Å²) in [6.07, 6.45) is 4.54. The first kappa shape index (κ1) is 16.9. The number of likely N-dealkylation sites (tertiary alicyclic amines) is 1. The standard InChI is InChI=1S/C18H26BrN3O/c19-16-3-1-2-4-17(16)21-18(23)15-7-11-22(12-8-15)13-14-5-9-20-10-6-14/h1-4,14-15,20H,5-13H2,(H,21,23). The first-order valence-electron chi connectivity index (χ1n) is 8.71. The third-order valence-corrected chi connectivity index (χ3v) is 5.76. The van der Waals surface area contributed by atoms with E-state index in [1.54, 1.807) is 0 Å². The van der Waals surface area contributed by atoms with E-state index in [1.165, 1.54) is 19.4 Å². The summed E-state index contributed by atoms with van der Waals surface area (Å²) in [5, 5.41) is 6.49. The molecule has 0 saturated carbocycles. The Labute approximate surface area is 147 Å². The average molecular weight is 380 g/mol. The van der Waals surface area contributed by atoms with Crippen molar-refractivity contribution >= 4 is 27.5 Å². The lowest BCUT2D eigenvalue weighted by molar-refractivity contribution is -0.121. The predicted molar refractivity (Wildman–Crippen MR) is 97.5 cm³/mol. The Morgan fingerprint density at radius 3 is 2.57 bits per heavy atom. The molecular weight excluding hydrogens is 354 g/mol. The molecule has 2 N–H and O–H groups in total. The number of benzene rings is 1. The Morgan fingerprint density at radius 1 is 1.17 bits per heavy atom. The number of anilines is 1. The molecule has 0 bridgehead atoms. The molecule has 23 heavy (non-hydrogen) atoms. The van der Waals surface area contributed by atoms with E-state index in [2.05, 4.69) is 31.5 Å². The summed E-state index contributed by atoms with van der Waals surface area (Å²) in [6, 6.07) is 7.80. The third-order valence-electron chi connectivity index (χ3n) is 5.07. The number of rotatable bonds is 4. The van der Waals surface area contributed by atoms with E-state index in [0.29, 0.717) is 0 Å². The molecule has 0 aromatic heterocycles. The van der Waals surface area contributed by atoms with E-state index in [-0.39, 0.29) is 11.8 Å². The van der Waals surface area contributed by atoms with Gasteiger partial charge in [0, 0.05) is 16.9 Å². The van der Waals surface area contributed by atoms with Crippen molar-refractivity contribution in [1.29, 1.82) is 0 Å². The molecule has 2 fully saturated rings. The number of piperidine rings is 2. The Hall–Kier alpha value is -0.910. The molecule has 0 atom stereocenters. The first-order valence-corrected chi connectivity index (χ1v) is 9.50. The van der Waals surface area contributed by atoms with Crippen LogP contribution < -0.4 is 10.6 Å². The van der Waals surface area contributed by atoms with Gasteiger partial charge < -0.3 is 15.5 Å². The molecule has 2 aliphatic heterocycles. The molecule has 1 aromatic carbocycles. The van der Waals surface area contributed by atoms with Crippen molar-refractivity contribution in [1.82, 2.24) is 10.2 Å². The van der Waals surface area contributed by atoms with Gasteiger partial charge in [0.2, 0.25) is 5.91 Å². The fourth-order valence-corrected chi connectivity index (χ4v) is 3.99. The van der Waals surface area contributed by atoms with Gasteiger partial charge in [0.1, 0.15) is 0 Å². The SMILES string of the molecule is O=C(Nc1ccccc1Br)C1CCN(CC2CCNCC2)CC1. The quantitative estimate of drug-likeness (QED) is 0.844. The van der Waals surface area contributed by atoms with E-state index in [1.807, 2.05) is 24.3 Å². The van der Waals surface area contributed by atoms with Gasteiger partial charge in [0.15, 0.2) is 0 Å². The molecular formula is C18H26BrN3O. The lowest BCUT2D eigenvalue weighted by atomic mass is 9.93. The molecule has 2 saturated heterocycles.